The molecule has 0 spiro atoms. The van der Waals surface area contributed by atoms with Crippen molar-refractivity contribution in [1.82, 2.24) is 0 Å². The van der Waals surface area contributed by atoms with Crippen LogP contribution in [0.3, 0.4) is 0 Å². The number of halogens is 1. The summed E-state index contributed by atoms with van der Waals surface area (Å²) in [6, 6.07) is 13.4. The van der Waals surface area contributed by atoms with Gasteiger partial charge in [-0.2, -0.15) is 0 Å². The van der Waals surface area contributed by atoms with Crippen molar-refractivity contribution in [1.29, 1.82) is 0 Å². The van der Waals surface area contributed by atoms with Crippen molar-refractivity contribution in [2.75, 3.05) is 12.8 Å². The molecule has 0 aliphatic rings. The van der Waals surface area contributed by atoms with Crippen LogP contribution in [0.4, 0.5) is 5.69 Å². The van der Waals surface area contributed by atoms with Crippen molar-refractivity contribution >= 4 is 17.3 Å². The van der Waals surface area contributed by atoms with Gasteiger partial charge in [0.15, 0.2) is 0 Å². The van der Waals surface area contributed by atoms with Crippen LogP contribution in [0.2, 0.25) is 5.02 Å². The van der Waals surface area contributed by atoms with E-state index >= 15 is 0 Å². The Morgan fingerprint density at radius 3 is 2.56 bits per heavy atom. The first-order valence-corrected chi connectivity index (χ1v) is 5.28. The van der Waals surface area contributed by atoms with Gasteiger partial charge < -0.3 is 10.5 Å². The Balaban J connectivity index is 2.54. The molecule has 0 aliphatic heterocycles. The Labute approximate surface area is 99.6 Å². The lowest BCUT2D eigenvalue weighted by molar-refractivity contribution is 0.416. The van der Waals surface area contributed by atoms with E-state index in [-0.39, 0.29) is 0 Å². The van der Waals surface area contributed by atoms with E-state index in [1.807, 2.05) is 36.4 Å². The molecule has 0 bridgehead atoms. The zero-order valence-electron chi connectivity index (χ0n) is 8.91. The third-order valence-electron chi connectivity index (χ3n) is 2.41. The predicted molar refractivity (Wildman–Crippen MR) is 67.9 cm³/mol. The lowest BCUT2D eigenvalue weighted by Crippen LogP contribution is -1.90. The largest absolute Gasteiger partial charge is 0.496 e. The average Bonchev–Trinajstić information content (AvgIpc) is 2.32. The van der Waals surface area contributed by atoms with Gasteiger partial charge in [-0.05, 0) is 23.8 Å². The fourth-order valence-corrected chi connectivity index (χ4v) is 1.71. The summed E-state index contributed by atoms with van der Waals surface area (Å²) in [7, 11) is 1.65. The number of hydrogen-bond acceptors (Lipinski definition) is 2. The minimum atomic E-state index is 0.568. The van der Waals surface area contributed by atoms with Crippen LogP contribution in [0.15, 0.2) is 42.5 Å². The first kappa shape index (κ1) is 10.8. The zero-order chi connectivity index (χ0) is 11.5. The molecular weight excluding hydrogens is 222 g/mol. The number of benzene rings is 2. The van der Waals surface area contributed by atoms with Crippen molar-refractivity contribution in [3.63, 3.8) is 0 Å². The Hall–Kier alpha value is -1.67. The minimum Gasteiger partial charge on any atom is -0.496 e. The highest BCUT2D eigenvalue weighted by Crippen LogP contribution is 2.32. The predicted octanol–water partition coefficient (Wildman–Crippen LogP) is 3.60. The molecule has 0 saturated heterocycles. The van der Waals surface area contributed by atoms with Crippen LogP contribution in [0.25, 0.3) is 11.1 Å². The molecule has 0 unspecified atom stereocenters. The molecular formula is C13H12ClNO. The number of ether oxygens (including phenoxy) is 1. The van der Waals surface area contributed by atoms with Crippen molar-refractivity contribution in [3.8, 4) is 16.9 Å². The average molecular weight is 234 g/mol. The normalized spacial score (nSPS) is 10.1. The van der Waals surface area contributed by atoms with Gasteiger partial charge in [0.25, 0.3) is 0 Å². The van der Waals surface area contributed by atoms with Crippen LogP contribution in [-0.4, -0.2) is 7.11 Å². The standard InChI is InChI=1S/C13H12ClNO/c1-16-13-5-3-2-4-10(13)9-6-7-11(14)12(15)8-9/h2-8H,15H2,1H3. The Morgan fingerprint density at radius 2 is 1.88 bits per heavy atom. The van der Waals surface area contributed by atoms with Crippen LogP contribution < -0.4 is 10.5 Å². The number of hydrogen-bond donors (Lipinski definition) is 1. The summed E-state index contributed by atoms with van der Waals surface area (Å²) in [6.07, 6.45) is 0. The van der Waals surface area contributed by atoms with Gasteiger partial charge in [0.05, 0.1) is 17.8 Å². The second-order valence-corrected chi connectivity index (χ2v) is 3.84. The summed E-state index contributed by atoms with van der Waals surface area (Å²) >= 11 is 5.89. The molecule has 0 atom stereocenters. The highest BCUT2D eigenvalue weighted by Gasteiger charge is 2.06. The molecule has 2 rings (SSSR count). The monoisotopic (exact) mass is 233 g/mol. The van der Waals surface area contributed by atoms with Crippen LogP contribution in [0, 0.1) is 0 Å². The first-order chi connectivity index (χ1) is 7.72. The molecule has 16 heavy (non-hydrogen) atoms. The van der Waals surface area contributed by atoms with Gasteiger partial charge in [-0.15, -0.1) is 0 Å². The highest BCUT2D eigenvalue weighted by molar-refractivity contribution is 6.33. The maximum absolute atomic E-state index is 5.89. The molecule has 0 saturated carbocycles. The molecule has 3 heteroatoms. The molecule has 2 aromatic rings. The summed E-state index contributed by atoms with van der Waals surface area (Å²) < 4.78 is 5.30. The quantitative estimate of drug-likeness (QED) is 0.805. The van der Waals surface area contributed by atoms with E-state index < -0.39 is 0 Å². The summed E-state index contributed by atoms with van der Waals surface area (Å²) in [4.78, 5) is 0. The molecule has 0 aromatic heterocycles. The van der Waals surface area contributed by atoms with Crippen LogP contribution >= 0.6 is 11.6 Å². The SMILES string of the molecule is COc1ccccc1-c1ccc(Cl)c(N)c1. The number of para-hydroxylation sites is 1. The molecule has 82 valence electrons. The fraction of sp³-hybridized carbons (Fsp3) is 0.0769. The van der Waals surface area contributed by atoms with E-state index in [1.165, 1.54) is 0 Å². The number of anilines is 1. The van der Waals surface area contributed by atoms with E-state index in [4.69, 9.17) is 22.1 Å². The van der Waals surface area contributed by atoms with E-state index in [1.54, 1.807) is 13.2 Å². The second kappa shape index (κ2) is 4.45. The molecule has 0 heterocycles. The molecule has 2 N–H and O–H groups in total. The number of nitrogens with two attached hydrogens (primary N) is 1. The summed E-state index contributed by atoms with van der Waals surface area (Å²) in [5.41, 5.74) is 8.36. The molecule has 0 fully saturated rings. The minimum absolute atomic E-state index is 0.568. The Morgan fingerprint density at radius 1 is 1.12 bits per heavy atom. The van der Waals surface area contributed by atoms with Gasteiger partial charge in [-0.1, -0.05) is 35.9 Å². The third kappa shape index (κ3) is 1.97. The van der Waals surface area contributed by atoms with E-state index in [0.717, 1.165) is 16.9 Å². The van der Waals surface area contributed by atoms with Crippen molar-refractivity contribution in [2.24, 2.45) is 0 Å². The Kier molecular flexibility index (Phi) is 3.02. The van der Waals surface area contributed by atoms with E-state index in [0.29, 0.717) is 10.7 Å². The summed E-state index contributed by atoms with van der Waals surface area (Å²) in [6.45, 7) is 0. The maximum atomic E-state index is 5.89. The van der Waals surface area contributed by atoms with Crippen molar-refractivity contribution < 1.29 is 4.74 Å². The van der Waals surface area contributed by atoms with Gasteiger partial charge in [-0.3, -0.25) is 0 Å². The van der Waals surface area contributed by atoms with Crippen LogP contribution in [-0.2, 0) is 0 Å². The summed E-state index contributed by atoms with van der Waals surface area (Å²) in [5.74, 6) is 0.823. The molecule has 0 radical (unpaired) electrons. The van der Waals surface area contributed by atoms with Crippen LogP contribution in [0.1, 0.15) is 0 Å². The Bertz CT molecular complexity index is 511. The zero-order valence-corrected chi connectivity index (χ0v) is 9.66. The summed E-state index contributed by atoms with van der Waals surface area (Å²) in [5, 5.41) is 0.568. The van der Waals surface area contributed by atoms with Crippen LogP contribution in [0.5, 0.6) is 5.75 Å². The number of nitrogen functional groups attached to an aromatic ring is 1. The van der Waals surface area contributed by atoms with Gasteiger partial charge in [0.2, 0.25) is 0 Å². The topological polar surface area (TPSA) is 35.2 Å². The lowest BCUT2D eigenvalue weighted by Gasteiger charge is -2.09. The second-order valence-electron chi connectivity index (χ2n) is 3.44. The number of methoxy groups -OCH3 is 1. The van der Waals surface area contributed by atoms with Gasteiger partial charge >= 0.3 is 0 Å². The van der Waals surface area contributed by atoms with Crippen molar-refractivity contribution in [2.45, 2.75) is 0 Å². The van der Waals surface area contributed by atoms with Gasteiger partial charge in [0, 0.05) is 5.56 Å². The lowest BCUT2D eigenvalue weighted by atomic mass is 10.0. The molecule has 2 nitrogen and oxygen atoms in total. The molecule has 0 aliphatic carbocycles. The smallest absolute Gasteiger partial charge is 0.126 e. The number of rotatable bonds is 2. The van der Waals surface area contributed by atoms with Gasteiger partial charge in [-0.25, -0.2) is 0 Å². The van der Waals surface area contributed by atoms with Gasteiger partial charge in [0.1, 0.15) is 5.75 Å². The first-order valence-electron chi connectivity index (χ1n) is 4.91. The maximum Gasteiger partial charge on any atom is 0.126 e. The van der Waals surface area contributed by atoms with Crippen molar-refractivity contribution in [3.05, 3.63) is 47.5 Å². The fourth-order valence-electron chi connectivity index (χ4n) is 1.59. The highest BCUT2D eigenvalue weighted by atomic mass is 35.5. The third-order valence-corrected chi connectivity index (χ3v) is 2.76. The molecule has 0 amide bonds. The van der Waals surface area contributed by atoms with E-state index in [9.17, 15) is 0 Å². The van der Waals surface area contributed by atoms with E-state index in [2.05, 4.69) is 0 Å². The molecule has 2 aromatic carbocycles.